The first-order chi connectivity index (χ1) is 13.6. The molecule has 0 fully saturated rings. The van der Waals surface area contributed by atoms with Gasteiger partial charge in [-0.3, -0.25) is 0 Å². The molecule has 0 rings (SSSR count). The summed E-state index contributed by atoms with van der Waals surface area (Å²) in [6, 6.07) is 0. The number of hydrogen-bond donors (Lipinski definition) is 1. The molecule has 0 aliphatic rings. The number of aliphatic hydroxyl groups excluding tert-OH is 1. The van der Waals surface area contributed by atoms with E-state index in [9.17, 15) is 0 Å². The SMILES string of the molecule is CCCCCCCCCCCCCCCCCCOCCC[N+](C)(C)CCO.[Br-]. The summed E-state index contributed by atoms with van der Waals surface area (Å²) in [5.74, 6) is 0. The van der Waals surface area contributed by atoms with Crippen molar-refractivity contribution in [3.63, 3.8) is 0 Å². The summed E-state index contributed by atoms with van der Waals surface area (Å²) in [7, 11) is 4.34. The fourth-order valence-electron chi connectivity index (χ4n) is 3.83. The largest absolute Gasteiger partial charge is 1.00 e. The van der Waals surface area contributed by atoms with Gasteiger partial charge >= 0.3 is 0 Å². The molecule has 0 aromatic rings. The molecule has 0 bridgehead atoms. The molecule has 0 saturated carbocycles. The first kappa shape index (κ1) is 31.5. The second kappa shape index (κ2) is 24.6. The quantitative estimate of drug-likeness (QED) is 0.178. The van der Waals surface area contributed by atoms with Crippen molar-refractivity contribution in [2.24, 2.45) is 0 Å². The number of nitrogens with zero attached hydrogens (tertiary/aromatic N) is 1. The van der Waals surface area contributed by atoms with Crippen LogP contribution in [-0.2, 0) is 4.74 Å². The van der Waals surface area contributed by atoms with E-state index in [-0.39, 0.29) is 23.6 Å². The standard InChI is InChI=1S/C25H54NO2.BrH/c1-4-5-6-7-8-9-10-11-12-13-14-15-16-17-18-19-24-28-25-20-21-26(2,3)22-23-27;/h27H,4-25H2,1-3H3;1H/q+1;/p-1. The van der Waals surface area contributed by atoms with Gasteiger partial charge in [-0.25, -0.2) is 0 Å². The van der Waals surface area contributed by atoms with E-state index in [1.54, 1.807) is 0 Å². The van der Waals surface area contributed by atoms with Crippen LogP contribution in [0.15, 0.2) is 0 Å². The maximum Gasteiger partial charge on any atom is 0.102 e. The van der Waals surface area contributed by atoms with Crippen LogP contribution in [0.2, 0.25) is 0 Å². The molecule has 0 amide bonds. The van der Waals surface area contributed by atoms with Crippen molar-refractivity contribution in [2.75, 3.05) is 47.0 Å². The van der Waals surface area contributed by atoms with Gasteiger partial charge < -0.3 is 31.3 Å². The lowest BCUT2D eigenvalue weighted by atomic mass is 10.0. The van der Waals surface area contributed by atoms with Crippen LogP contribution in [0, 0.1) is 0 Å². The van der Waals surface area contributed by atoms with Crippen LogP contribution < -0.4 is 17.0 Å². The van der Waals surface area contributed by atoms with Gasteiger partial charge in [0.1, 0.15) is 6.54 Å². The van der Waals surface area contributed by atoms with Gasteiger partial charge in [-0.2, -0.15) is 0 Å². The number of ether oxygens (including phenoxy) is 1. The Hall–Kier alpha value is 0.360. The predicted octanol–water partition coefficient (Wildman–Crippen LogP) is 3.73. The van der Waals surface area contributed by atoms with E-state index in [1.807, 2.05) is 0 Å². The highest BCUT2D eigenvalue weighted by Crippen LogP contribution is 2.13. The van der Waals surface area contributed by atoms with E-state index in [0.29, 0.717) is 0 Å². The van der Waals surface area contributed by atoms with Gasteiger partial charge in [0, 0.05) is 13.0 Å². The minimum absolute atomic E-state index is 0. The third kappa shape index (κ3) is 26.3. The van der Waals surface area contributed by atoms with E-state index >= 15 is 0 Å². The minimum Gasteiger partial charge on any atom is -1.00 e. The van der Waals surface area contributed by atoms with Crippen LogP contribution in [0.1, 0.15) is 116 Å². The van der Waals surface area contributed by atoms with Crippen molar-refractivity contribution in [2.45, 2.75) is 116 Å². The van der Waals surface area contributed by atoms with Gasteiger partial charge in [0.25, 0.3) is 0 Å². The minimum atomic E-state index is 0. The van der Waals surface area contributed by atoms with Crippen molar-refractivity contribution in [1.29, 1.82) is 0 Å². The Morgan fingerprint density at radius 2 is 0.931 bits per heavy atom. The first-order valence-electron chi connectivity index (χ1n) is 12.6. The molecule has 0 aromatic carbocycles. The molecule has 0 aliphatic heterocycles. The molecule has 0 atom stereocenters. The monoisotopic (exact) mass is 479 g/mol. The van der Waals surface area contributed by atoms with E-state index in [0.717, 1.165) is 37.2 Å². The van der Waals surface area contributed by atoms with Gasteiger partial charge in [0.15, 0.2) is 0 Å². The van der Waals surface area contributed by atoms with E-state index in [2.05, 4.69) is 21.0 Å². The number of halogens is 1. The average Bonchev–Trinajstić information content (AvgIpc) is 2.66. The maximum absolute atomic E-state index is 9.02. The molecular formula is C25H54BrNO2. The lowest BCUT2D eigenvalue weighted by molar-refractivity contribution is -0.890. The van der Waals surface area contributed by atoms with Crippen LogP contribution in [0.25, 0.3) is 0 Å². The van der Waals surface area contributed by atoms with Crippen LogP contribution in [0.5, 0.6) is 0 Å². The van der Waals surface area contributed by atoms with E-state index < -0.39 is 0 Å². The van der Waals surface area contributed by atoms with E-state index in [4.69, 9.17) is 9.84 Å². The van der Waals surface area contributed by atoms with Gasteiger partial charge in [-0.05, 0) is 6.42 Å². The van der Waals surface area contributed by atoms with Gasteiger partial charge in [-0.1, -0.05) is 103 Å². The predicted molar refractivity (Wildman–Crippen MR) is 124 cm³/mol. The third-order valence-corrected chi connectivity index (χ3v) is 5.90. The summed E-state index contributed by atoms with van der Waals surface area (Å²) < 4.78 is 6.64. The molecule has 1 N–H and O–H groups in total. The molecule has 29 heavy (non-hydrogen) atoms. The second-order valence-corrected chi connectivity index (χ2v) is 9.38. The lowest BCUT2D eigenvalue weighted by Gasteiger charge is -2.28. The molecule has 0 radical (unpaired) electrons. The zero-order valence-electron chi connectivity index (χ0n) is 20.2. The van der Waals surface area contributed by atoms with Gasteiger partial charge in [0.05, 0.1) is 33.9 Å². The Morgan fingerprint density at radius 3 is 1.34 bits per heavy atom. The van der Waals surface area contributed by atoms with Crippen LogP contribution in [0.4, 0.5) is 0 Å². The van der Waals surface area contributed by atoms with Gasteiger partial charge in [0.2, 0.25) is 0 Å². The number of unbranched alkanes of at least 4 members (excludes halogenated alkanes) is 15. The summed E-state index contributed by atoms with van der Waals surface area (Å²) in [6.45, 7) is 6.27. The van der Waals surface area contributed by atoms with Crippen molar-refractivity contribution < 1.29 is 31.3 Å². The van der Waals surface area contributed by atoms with Gasteiger partial charge in [-0.15, -0.1) is 0 Å². The van der Waals surface area contributed by atoms with Crippen molar-refractivity contribution in [3.05, 3.63) is 0 Å². The van der Waals surface area contributed by atoms with Crippen molar-refractivity contribution in [1.82, 2.24) is 0 Å². The Balaban J connectivity index is 0. The highest BCUT2D eigenvalue weighted by Gasteiger charge is 2.12. The second-order valence-electron chi connectivity index (χ2n) is 9.38. The Labute approximate surface area is 194 Å². The average molecular weight is 481 g/mol. The number of aliphatic hydroxyl groups is 1. The normalized spacial score (nSPS) is 11.6. The number of likely N-dealkylation sites (N-methyl/N-ethyl adjacent to an activating group) is 1. The zero-order valence-corrected chi connectivity index (χ0v) is 21.8. The van der Waals surface area contributed by atoms with Crippen molar-refractivity contribution in [3.8, 4) is 0 Å². The summed E-state index contributed by atoms with van der Waals surface area (Å²) in [5, 5.41) is 9.02. The number of rotatable bonds is 23. The fraction of sp³-hybridized carbons (Fsp3) is 1.00. The molecule has 0 aliphatic carbocycles. The molecule has 0 unspecified atom stereocenters. The number of hydrogen-bond acceptors (Lipinski definition) is 2. The Morgan fingerprint density at radius 1 is 0.552 bits per heavy atom. The molecule has 0 spiro atoms. The summed E-state index contributed by atoms with van der Waals surface area (Å²) in [6.07, 6.45) is 23.7. The summed E-state index contributed by atoms with van der Waals surface area (Å²) in [4.78, 5) is 0. The smallest absolute Gasteiger partial charge is 0.102 e. The highest BCUT2D eigenvalue weighted by molar-refractivity contribution is 4.50. The van der Waals surface area contributed by atoms with E-state index in [1.165, 1.54) is 103 Å². The fourth-order valence-corrected chi connectivity index (χ4v) is 3.83. The zero-order chi connectivity index (χ0) is 20.8. The van der Waals surface area contributed by atoms with Crippen LogP contribution in [0.3, 0.4) is 0 Å². The molecule has 4 heteroatoms. The molecule has 178 valence electrons. The summed E-state index contributed by atoms with van der Waals surface area (Å²) in [5.41, 5.74) is 0. The van der Waals surface area contributed by atoms with Crippen LogP contribution in [-0.4, -0.2) is 56.6 Å². The Kier molecular flexibility index (Phi) is 26.8. The topological polar surface area (TPSA) is 29.5 Å². The first-order valence-corrected chi connectivity index (χ1v) is 12.6. The number of quaternary nitrogens is 1. The molecular weight excluding hydrogens is 426 g/mol. The Bertz CT molecular complexity index is 301. The van der Waals surface area contributed by atoms with Crippen LogP contribution >= 0.6 is 0 Å². The maximum atomic E-state index is 9.02. The lowest BCUT2D eigenvalue weighted by Crippen LogP contribution is -3.00. The van der Waals surface area contributed by atoms with Crippen molar-refractivity contribution >= 4 is 0 Å². The highest BCUT2D eigenvalue weighted by atomic mass is 79.9. The molecule has 3 nitrogen and oxygen atoms in total. The molecule has 0 aromatic heterocycles. The third-order valence-electron chi connectivity index (χ3n) is 5.90. The molecule has 0 saturated heterocycles. The summed E-state index contributed by atoms with van der Waals surface area (Å²) >= 11 is 0. The molecule has 0 heterocycles.